The van der Waals surface area contributed by atoms with Crippen LogP contribution < -0.4 is 4.74 Å². The average Bonchev–Trinajstić information content (AvgIpc) is 2.31. The number of halogens is 2. The van der Waals surface area contributed by atoms with Crippen LogP contribution in [-0.2, 0) is 9.63 Å². The van der Waals surface area contributed by atoms with Crippen LogP contribution in [0.4, 0.5) is 0 Å². The van der Waals surface area contributed by atoms with Crippen LogP contribution in [-0.4, -0.2) is 36.7 Å². The van der Waals surface area contributed by atoms with E-state index in [1.54, 1.807) is 19.3 Å². The van der Waals surface area contributed by atoms with Crippen molar-refractivity contribution in [3.8, 4) is 5.75 Å². The maximum absolute atomic E-state index is 11.4. The summed E-state index contributed by atoms with van der Waals surface area (Å²) in [5.74, 6) is 0.338. The number of aromatic nitrogens is 1. The van der Waals surface area contributed by atoms with Crippen LogP contribution in [0.1, 0.15) is 6.42 Å². The molecule has 1 aromatic heterocycles. The average molecular weight is 371 g/mol. The predicted molar refractivity (Wildman–Crippen MR) is 71.9 cm³/mol. The Balaban J connectivity index is 2.49. The van der Waals surface area contributed by atoms with Crippen molar-refractivity contribution in [3.63, 3.8) is 0 Å². The molecule has 0 spiro atoms. The highest BCUT2D eigenvalue weighted by Gasteiger charge is 2.11. The number of carbonyl (C=O) groups excluding carboxylic acids is 1. The van der Waals surface area contributed by atoms with Crippen molar-refractivity contribution in [2.45, 2.75) is 6.42 Å². The van der Waals surface area contributed by atoms with Crippen LogP contribution in [0.15, 0.2) is 12.3 Å². The second kappa shape index (κ2) is 6.97. The molecule has 0 radical (unpaired) electrons. The molecule has 0 aliphatic rings. The van der Waals surface area contributed by atoms with Crippen molar-refractivity contribution < 1.29 is 14.4 Å². The van der Waals surface area contributed by atoms with E-state index < -0.39 is 0 Å². The minimum absolute atomic E-state index is 0.164. The van der Waals surface area contributed by atoms with Crippen molar-refractivity contribution in [1.29, 1.82) is 0 Å². The van der Waals surface area contributed by atoms with Crippen molar-refractivity contribution in [2.75, 3.05) is 20.8 Å². The van der Waals surface area contributed by atoms with Gasteiger partial charge in [0.1, 0.15) is 0 Å². The number of hydrogen-bond acceptors (Lipinski definition) is 4. The van der Waals surface area contributed by atoms with Crippen molar-refractivity contribution in [3.05, 3.63) is 21.0 Å². The quantitative estimate of drug-likeness (QED) is 0.453. The molecule has 0 bridgehead atoms. The van der Waals surface area contributed by atoms with Gasteiger partial charge in [0.15, 0.2) is 10.9 Å². The lowest BCUT2D eigenvalue weighted by atomic mass is 10.4. The summed E-state index contributed by atoms with van der Waals surface area (Å²) in [6, 6.07) is 1.78. The molecule has 17 heavy (non-hydrogen) atoms. The Labute approximate surface area is 118 Å². The first-order valence-corrected chi connectivity index (χ1v) is 6.25. The Morgan fingerprint density at radius 2 is 2.35 bits per heavy atom. The fraction of sp³-hybridized carbons (Fsp3) is 0.400. The normalized spacial score (nSPS) is 10.1. The lowest BCUT2D eigenvalue weighted by Gasteiger charge is -2.14. The summed E-state index contributed by atoms with van der Waals surface area (Å²) in [6.07, 6.45) is 1.81. The van der Waals surface area contributed by atoms with E-state index in [0.717, 1.165) is 8.63 Å². The second-order valence-electron chi connectivity index (χ2n) is 3.08. The molecule has 0 atom stereocenters. The molecule has 0 aliphatic heterocycles. The maximum Gasteiger partial charge on any atom is 0.249 e. The van der Waals surface area contributed by atoms with Gasteiger partial charge in [0.2, 0.25) is 5.91 Å². The van der Waals surface area contributed by atoms with E-state index in [4.69, 9.17) is 21.2 Å². The van der Waals surface area contributed by atoms with Gasteiger partial charge in [-0.15, -0.1) is 0 Å². The molecule has 7 heteroatoms. The zero-order chi connectivity index (χ0) is 12.8. The SMILES string of the molecule is CON(C)C(=O)CCOc1c(I)ccnc1Cl. The van der Waals surface area contributed by atoms with E-state index in [-0.39, 0.29) is 18.9 Å². The van der Waals surface area contributed by atoms with Crippen LogP contribution in [0.3, 0.4) is 0 Å². The maximum atomic E-state index is 11.4. The monoisotopic (exact) mass is 370 g/mol. The number of rotatable bonds is 5. The number of amides is 1. The van der Waals surface area contributed by atoms with E-state index in [1.165, 1.54) is 7.11 Å². The zero-order valence-electron chi connectivity index (χ0n) is 9.44. The number of hydrogen-bond donors (Lipinski definition) is 0. The number of pyridine rings is 1. The molecule has 0 saturated heterocycles. The van der Waals surface area contributed by atoms with Crippen molar-refractivity contribution in [1.82, 2.24) is 10.0 Å². The van der Waals surface area contributed by atoms with Crippen LogP contribution >= 0.6 is 34.2 Å². The molecule has 5 nitrogen and oxygen atoms in total. The van der Waals surface area contributed by atoms with Crippen LogP contribution in [0.2, 0.25) is 5.15 Å². The summed E-state index contributed by atoms with van der Waals surface area (Å²) in [4.78, 5) is 20.1. The van der Waals surface area contributed by atoms with E-state index in [0.29, 0.717) is 10.9 Å². The summed E-state index contributed by atoms with van der Waals surface area (Å²) in [7, 11) is 2.98. The van der Waals surface area contributed by atoms with Crippen LogP contribution in [0.5, 0.6) is 5.75 Å². The van der Waals surface area contributed by atoms with E-state index in [1.807, 2.05) is 0 Å². The summed E-state index contributed by atoms with van der Waals surface area (Å²) in [5.41, 5.74) is 0. The lowest BCUT2D eigenvalue weighted by molar-refractivity contribution is -0.169. The Morgan fingerprint density at radius 1 is 1.65 bits per heavy atom. The highest BCUT2D eigenvalue weighted by atomic mass is 127. The molecule has 0 fully saturated rings. The minimum atomic E-state index is -0.164. The first-order chi connectivity index (χ1) is 8.06. The fourth-order valence-electron chi connectivity index (χ4n) is 1.03. The largest absolute Gasteiger partial charge is 0.489 e. The third kappa shape index (κ3) is 4.29. The predicted octanol–water partition coefficient (Wildman–Crippen LogP) is 2.13. The standard InChI is InChI=1S/C10H12ClIN2O3/c1-14(16-2)8(15)4-6-17-9-7(12)3-5-13-10(9)11/h3,5H,4,6H2,1-2H3. The zero-order valence-corrected chi connectivity index (χ0v) is 12.4. The topological polar surface area (TPSA) is 51.7 Å². The highest BCUT2D eigenvalue weighted by Crippen LogP contribution is 2.27. The van der Waals surface area contributed by atoms with Gasteiger partial charge in [0.05, 0.1) is 23.7 Å². The number of nitrogens with zero attached hydrogens (tertiary/aromatic N) is 2. The Bertz CT molecular complexity index is 383. The highest BCUT2D eigenvalue weighted by molar-refractivity contribution is 14.1. The molecule has 0 N–H and O–H groups in total. The first kappa shape index (κ1) is 14.5. The fourth-order valence-corrected chi connectivity index (χ4v) is 1.97. The van der Waals surface area contributed by atoms with Gasteiger partial charge in [-0.25, -0.2) is 10.0 Å². The lowest BCUT2D eigenvalue weighted by Crippen LogP contribution is -2.26. The molecule has 0 unspecified atom stereocenters. The molecule has 1 heterocycles. The van der Waals surface area contributed by atoms with E-state index >= 15 is 0 Å². The molecular formula is C10H12ClIN2O3. The smallest absolute Gasteiger partial charge is 0.249 e. The van der Waals surface area contributed by atoms with Gasteiger partial charge in [-0.3, -0.25) is 9.63 Å². The minimum Gasteiger partial charge on any atom is -0.489 e. The van der Waals surface area contributed by atoms with Crippen molar-refractivity contribution >= 4 is 40.1 Å². The second-order valence-corrected chi connectivity index (χ2v) is 4.61. The van der Waals surface area contributed by atoms with Crippen LogP contribution in [0, 0.1) is 3.57 Å². The van der Waals surface area contributed by atoms with Gasteiger partial charge in [-0.2, -0.15) is 0 Å². The molecule has 1 amide bonds. The third-order valence-corrected chi connectivity index (χ3v) is 3.12. The Kier molecular flexibility index (Phi) is 5.93. The number of hydroxylamine groups is 2. The van der Waals surface area contributed by atoms with Gasteiger partial charge >= 0.3 is 0 Å². The van der Waals surface area contributed by atoms with Gasteiger partial charge in [-0.05, 0) is 28.7 Å². The van der Waals surface area contributed by atoms with E-state index in [2.05, 4.69) is 27.6 Å². The summed E-state index contributed by atoms with van der Waals surface area (Å²) < 4.78 is 6.28. The Hall–Kier alpha value is -0.600. The molecular weight excluding hydrogens is 358 g/mol. The molecule has 0 saturated carbocycles. The summed E-state index contributed by atoms with van der Waals surface area (Å²) in [6.45, 7) is 0.230. The Morgan fingerprint density at radius 3 is 2.94 bits per heavy atom. The molecule has 94 valence electrons. The molecule has 1 aromatic rings. The first-order valence-electron chi connectivity index (χ1n) is 4.79. The number of carbonyl (C=O) groups is 1. The van der Waals surface area contributed by atoms with Crippen LogP contribution in [0.25, 0.3) is 0 Å². The van der Waals surface area contributed by atoms with Gasteiger partial charge in [0, 0.05) is 13.2 Å². The van der Waals surface area contributed by atoms with Gasteiger partial charge in [-0.1, -0.05) is 11.6 Å². The van der Waals surface area contributed by atoms with E-state index in [9.17, 15) is 4.79 Å². The molecule has 1 rings (SSSR count). The molecule has 0 aromatic carbocycles. The third-order valence-electron chi connectivity index (χ3n) is 2.00. The number of ether oxygens (including phenoxy) is 1. The van der Waals surface area contributed by atoms with Gasteiger partial charge in [0.25, 0.3) is 0 Å². The summed E-state index contributed by atoms with van der Waals surface area (Å²) in [5, 5.41) is 1.45. The van der Waals surface area contributed by atoms with Crippen molar-refractivity contribution in [2.24, 2.45) is 0 Å². The van der Waals surface area contributed by atoms with Gasteiger partial charge < -0.3 is 4.74 Å². The molecule has 0 aliphatic carbocycles. The summed E-state index contributed by atoms with van der Waals surface area (Å²) >= 11 is 7.97.